The first-order valence-corrected chi connectivity index (χ1v) is 6.23. The Morgan fingerprint density at radius 2 is 1.83 bits per heavy atom. The lowest BCUT2D eigenvalue weighted by Gasteiger charge is -2.31. The van der Waals surface area contributed by atoms with Crippen molar-refractivity contribution < 1.29 is 9.52 Å². The lowest BCUT2D eigenvalue weighted by Crippen LogP contribution is -2.37. The fraction of sp³-hybridized carbons (Fsp3) is 0.333. The number of hydrogen-bond acceptors (Lipinski definition) is 3. The minimum absolute atomic E-state index is 0.332. The van der Waals surface area contributed by atoms with E-state index in [-0.39, 0.29) is 5.41 Å². The molecule has 0 bridgehead atoms. The van der Waals surface area contributed by atoms with Gasteiger partial charge in [0.05, 0.1) is 6.26 Å². The van der Waals surface area contributed by atoms with Crippen molar-refractivity contribution in [1.29, 1.82) is 0 Å². The Morgan fingerprint density at radius 3 is 2.33 bits per heavy atom. The molecule has 0 amide bonds. The van der Waals surface area contributed by atoms with Crippen LogP contribution < -0.4 is 5.73 Å². The largest absolute Gasteiger partial charge is 0.467 e. The molecule has 1 aliphatic carbocycles. The summed E-state index contributed by atoms with van der Waals surface area (Å²) < 4.78 is 5.33. The second kappa shape index (κ2) is 4.26. The molecule has 18 heavy (non-hydrogen) atoms. The number of furan rings is 1. The van der Waals surface area contributed by atoms with E-state index >= 15 is 0 Å². The normalized spacial score (nSPS) is 18.6. The smallest absolute Gasteiger partial charge is 0.132 e. The van der Waals surface area contributed by atoms with Crippen LogP contribution in [0.4, 0.5) is 0 Å². The van der Waals surface area contributed by atoms with Gasteiger partial charge in [0.2, 0.25) is 0 Å². The molecule has 1 aromatic heterocycles. The van der Waals surface area contributed by atoms with Crippen molar-refractivity contribution in [3.05, 3.63) is 59.5 Å². The van der Waals surface area contributed by atoms with Crippen molar-refractivity contribution in [3.63, 3.8) is 0 Å². The second-order valence-corrected chi connectivity index (χ2v) is 5.11. The van der Waals surface area contributed by atoms with E-state index in [2.05, 4.69) is 12.1 Å². The van der Waals surface area contributed by atoms with Gasteiger partial charge in [-0.2, -0.15) is 0 Å². The van der Waals surface area contributed by atoms with E-state index in [0.717, 1.165) is 12.8 Å². The highest BCUT2D eigenvalue weighted by molar-refractivity contribution is 5.35. The number of aliphatic hydroxyl groups excluding tert-OH is 1. The van der Waals surface area contributed by atoms with Gasteiger partial charge in [-0.15, -0.1) is 0 Å². The standard InChI is InChI=1S/C15H17NO2/c16-10-15(14(17)13-6-3-7-18-13)8-11-4-1-2-5-12(11)9-15/h1-7,14,17H,8-10,16H2. The maximum Gasteiger partial charge on any atom is 0.132 e. The van der Waals surface area contributed by atoms with Crippen LogP contribution in [-0.2, 0) is 12.8 Å². The van der Waals surface area contributed by atoms with Crippen LogP contribution >= 0.6 is 0 Å². The van der Waals surface area contributed by atoms with Crippen molar-refractivity contribution in [2.75, 3.05) is 6.54 Å². The van der Waals surface area contributed by atoms with Gasteiger partial charge in [0.25, 0.3) is 0 Å². The Bertz CT molecular complexity index is 508. The Hall–Kier alpha value is -1.58. The summed E-state index contributed by atoms with van der Waals surface area (Å²) in [5.74, 6) is 0.605. The molecule has 1 unspecified atom stereocenters. The molecule has 1 atom stereocenters. The predicted molar refractivity (Wildman–Crippen MR) is 69.0 cm³/mol. The molecule has 0 saturated heterocycles. The molecule has 1 aliphatic rings. The van der Waals surface area contributed by atoms with Crippen molar-refractivity contribution >= 4 is 0 Å². The average Bonchev–Trinajstić information content (AvgIpc) is 3.05. The van der Waals surface area contributed by atoms with Crippen LogP contribution in [0, 0.1) is 5.41 Å². The fourth-order valence-corrected chi connectivity index (χ4v) is 2.92. The van der Waals surface area contributed by atoms with Crippen molar-refractivity contribution in [3.8, 4) is 0 Å². The van der Waals surface area contributed by atoms with Crippen LogP contribution in [0.1, 0.15) is 23.0 Å². The highest BCUT2D eigenvalue weighted by Gasteiger charge is 2.43. The van der Waals surface area contributed by atoms with Crippen LogP contribution in [0.25, 0.3) is 0 Å². The molecule has 2 aromatic rings. The summed E-state index contributed by atoms with van der Waals surface area (Å²) in [5.41, 5.74) is 8.19. The maximum absolute atomic E-state index is 10.6. The molecule has 0 spiro atoms. The van der Waals surface area contributed by atoms with E-state index in [9.17, 15) is 5.11 Å². The zero-order chi connectivity index (χ0) is 12.6. The number of hydrogen-bond donors (Lipinski definition) is 2. The number of benzene rings is 1. The van der Waals surface area contributed by atoms with E-state index < -0.39 is 6.10 Å². The van der Waals surface area contributed by atoms with Crippen molar-refractivity contribution in [2.24, 2.45) is 11.1 Å². The van der Waals surface area contributed by atoms with Crippen LogP contribution in [0.2, 0.25) is 0 Å². The lowest BCUT2D eigenvalue weighted by molar-refractivity contribution is 0.0188. The van der Waals surface area contributed by atoms with Crippen LogP contribution in [-0.4, -0.2) is 11.7 Å². The van der Waals surface area contributed by atoms with E-state index in [4.69, 9.17) is 10.2 Å². The van der Waals surface area contributed by atoms with Gasteiger partial charge >= 0.3 is 0 Å². The molecular weight excluding hydrogens is 226 g/mol. The number of fused-ring (bicyclic) bond motifs is 1. The number of nitrogens with two attached hydrogens (primary N) is 1. The molecule has 0 radical (unpaired) electrons. The quantitative estimate of drug-likeness (QED) is 0.867. The minimum Gasteiger partial charge on any atom is -0.467 e. The van der Waals surface area contributed by atoms with Crippen molar-refractivity contribution in [2.45, 2.75) is 18.9 Å². The SMILES string of the molecule is NCC1(C(O)c2ccco2)Cc2ccccc2C1. The second-order valence-electron chi connectivity index (χ2n) is 5.11. The molecule has 1 aromatic carbocycles. The van der Waals surface area contributed by atoms with Gasteiger partial charge in [-0.25, -0.2) is 0 Å². The first-order chi connectivity index (χ1) is 8.75. The van der Waals surface area contributed by atoms with Gasteiger partial charge in [-0.05, 0) is 36.1 Å². The zero-order valence-corrected chi connectivity index (χ0v) is 10.2. The van der Waals surface area contributed by atoms with E-state index in [1.165, 1.54) is 11.1 Å². The highest BCUT2D eigenvalue weighted by Crippen LogP contribution is 2.45. The molecule has 0 aliphatic heterocycles. The topological polar surface area (TPSA) is 59.4 Å². The summed E-state index contributed by atoms with van der Waals surface area (Å²) in [5, 5.41) is 10.6. The van der Waals surface area contributed by atoms with Gasteiger partial charge in [0, 0.05) is 12.0 Å². The minimum atomic E-state index is -0.648. The summed E-state index contributed by atoms with van der Waals surface area (Å²) in [6.07, 6.45) is 2.55. The molecule has 3 nitrogen and oxygen atoms in total. The van der Waals surface area contributed by atoms with Crippen LogP contribution in [0.3, 0.4) is 0 Å². The third-order valence-electron chi connectivity index (χ3n) is 4.00. The Morgan fingerprint density at radius 1 is 1.17 bits per heavy atom. The molecular formula is C15H17NO2. The molecule has 0 saturated carbocycles. The van der Waals surface area contributed by atoms with Gasteiger partial charge < -0.3 is 15.3 Å². The zero-order valence-electron chi connectivity index (χ0n) is 10.2. The third-order valence-corrected chi connectivity index (χ3v) is 4.00. The van der Waals surface area contributed by atoms with E-state index in [1.54, 1.807) is 12.3 Å². The first-order valence-electron chi connectivity index (χ1n) is 6.23. The monoisotopic (exact) mass is 243 g/mol. The molecule has 3 heteroatoms. The number of rotatable bonds is 3. The molecule has 0 fully saturated rings. The van der Waals surface area contributed by atoms with E-state index in [1.807, 2.05) is 18.2 Å². The Labute approximate surface area is 106 Å². The first kappa shape index (κ1) is 11.5. The lowest BCUT2D eigenvalue weighted by atomic mass is 9.78. The van der Waals surface area contributed by atoms with Gasteiger partial charge in [-0.3, -0.25) is 0 Å². The van der Waals surface area contributed by atoms with E-state index in [0.29, 0.717) is 12.3 Å². The van der Waals surface area contributed by atoms with Gasteiger partial charge in [-0.1, -0.05) is 24.3 Å². The summed E-state index contributed by atoms with van der Waals surface area (Å²) >= 11 is 0. The highest BCUT2D eigenvalue weighted by atomic mass is 16.4. The summed E-state index contributed by atoms with van der Waals surface area (Å²) in [7, 11) is 0. The molecule has 3 N–H and O–H groups in total. The molecule has 3 rings (SSSR count). The molecule has 1 heterocycles. The molecule has 94 valence electrons. The average molecular weight is 243 g/mol. The Kier molecular flexibility index (Phi) is 2.73. The fourth-order valence-electron chi connectivity index (χ4n) is 2.92. The summed E-state index contributed by atoms with van der Waals surface area (Å²) in [6.45, 7) is 0.448. The van der Waals surface area contributed by atoms with Gasteiger partial charge in [0.15, 0.2) is 0 Å². The summed E-state index contributed by atoms with van der Waals surface area (Å²) in [6, 6.07) is 11.9. The maximum atomic E-state index is 10.6. The number of aliphatic hydroxyl groups is 1. The van der Waals surface area contributed by atoms with Crippen LogP contribution in [0.5, 0.6) is 0 Å². The van der Waals surface area contributed by atoms with Gasteiger partial charge in [0.1, 0.15) is 11.9 Å². The Balaban J connectivity index is 1.95. The summed E-state index contributed by atoms with van der Waals surface area (Å²) in [4.78, 5) is 0. The van der Waals surface area contributed by atoms with Crippen molar-refractivity contribution in [1.82, 2.24) is 0 Å². The van der Waals surface area contributed by atoms with Crippen LogP contribution in [0.15, 0.2) is 47.1 Å². The third kappa shape index (κ3) is 1.67. The predicted octanol–water partition coefficient (Wildman–Crippen LogP) is 2.06.